The maximum Gasteiger partial charge on any atom is 0.333 e. The van der Waals surface area contributed by atoms with E-state index in [1.165, 1.54) is 6.07 Å². The SMILES string of the molecule is O=C(CCCCCNc1ccccc1[N+](=O)[O-])ON1C(=O)CC(S(=O)(=O)O)C1=O. The number of hydroxylamine groups is 2. The first-order chi connectivity index (χ1) is 13.6. The number of amides is 2. The van der Waals surface area contributed by atoms with E-state index in [0.29, 0.717) is 31.5 Å². The summed E-state index contributed by atoms with van der Waals surface area (Å²) in [6.45, 7) is 0.430. The molecule has 0 radical (unpaired) electrons. The molecule has 0 saturated carbocycles. The van der Waals surface area contributed by atoms with E-state index >= 15 is 0 Å². The fourth-order valence-corrected chi connectivity index (χ4v) is 3.34. The molecule has 29 heavy (non-hydrogen) atoms. The van der Waals surface area contributed by atoms with Gasteiger partial charge in [-0.1, -0.05) is 18.6 Å². The van der Waals surface area contributed by atoms with E-state index in [-0.39, 0.29) is 17.2 Å². The van der Waals surface area contributed by atoms with Crippen molar-refractivity contribution in [2.45, 2.75) is 37.4 Å². The fraction of sp³-hybridized carbons (Fsp3) is 0.438. The van der Waals surface area contributed by atoms with Crippen molar-refractivity contribution in [2.24, 2.45) is 0 Å². The van der Waals surface area contributed by atoms with Gasteiger partial charge in [-0.2, -0.15) is 8.42 Å². The number of carbonyl (C=O) groups excluding carboxylic acids is 3. The summed E-state index contributed by atoms with van der Waals surface area (Å²) < 4.78 is 31.0. The van der Waals surface area contributed by atoms with Gasteiger partial charge in [0.25, 0.3) is 27.6 Å². The minimum atomic E-state index is -4.76. The number of imide groups is 1. The molecule has 1 heterocycles. The molecule has 1 aromatic carbocycles. The summed E-state index contributed by atoms with van der Waals surface area (Å²) in [5, 5.41) is 12.0. The van der Waals surface area contributed by atoms with E-state index in [4.69, 9.17) is 4.55 Å². The van der Waals surface area contributed by atoms with Gasteiger partial charge in [-0.15, -0.1) is 5.06 Å². The van der Waals surface area contributed by atoms with E-state index in [1.807, 2.05) is 0 Å². The first-order valence-electron chi connectivity index (χ1n) is 8.62. The average Bonchev–Trinajstić information content (AvgIpc) is 2.93. The Balaban J connectivity index is 1.70. The summed E-state index contributed by atoms with van der Waals surface area (Å²) in [5.74, 6) is -3.23. The minimum absolute atomic E-state index is 0.0424. The number of nitro benzene ring substituents is 1. The molecule has 0 aromatic heterocycles. The molecule has 0 bridgehead atoms. The van der Waals surface area contributed by atoms with Gasteiger partial charge in [-0.25, -0.2) is 4.79 Å². The number of carbonyl (C=O) groups is 3. The van der Waals surface area contributed by atoms with E-state index in [1.54, 1.807) is 18.2 Å². The summed E-state index contributed by atoms with van der Waals surface area (Å²) in [5.41, 5.74) is 0.343. The number of nitro groups is 1. The molecule has 1 atom stereocenters. The predicted molar refractivity (Wildman–Crippen MR) is 98.0 cm³/mol. The highest BCUT2D eigenvalue weighted by Crippen LogP contribution is 2.23. The first-order valence-corrected chi connectivity index (χ1v) is 10.1. The van der Waals surface area contributed by atoms with E-state index in [9.17, 15) is 32.9 Å². The third-order valence-corrected chi connectivity index (χ3v) is 5.18. The van der Waals surface area contributed by atoms with Crippen molar-refractivity contribution >= 4 is 39.3 Å². The molecule has 158 valence electrons. The van der Waals surface area contributed by atoms with Gasteiger partial charge in [0.2, 0.25) is 0 Å². The zero-order valence-corrected chi connectivity index (χ0v) is 16.0. The smallest absolute Gasteiger partial charge is 0.333 e. The van der Waals surface area contributed by atoms with E-state index in [0.717, 1.165) is 0 Å². The fourth-order valence-electron chi connectivity index (χ4n) is 2.64. The van der Waals surface area contributed by atoms with Gasteiger partial charge in [0, 0.05) is 19.0 Å². The van der Waals surface area contributed by atoms with Crippen LogP contribution in [0.1, 0.15) is 32.1 Å². The Morgan fingerprint density at radius 3 is 2.59 bits per heavy atom. The van der Waals surface area contributed by atoms with Crippen LogP contribution in [0.5, 0.6) is 0 Å². The lowest BCUT2D eigenvalue weighted by molar-refractivity contribution is -0.384. The molecule has 2 N–H and O–H groups in total. The molecule has 1 aliphatic rings. The van der Waals surface area contributed by atoms with Crippen LogP contribution in [0.4, 0.5) is 11.4 Å². The zero-order valence-electron chi connectivity index (χ0n) is 15.1. The topological polar surface area (TPSA) is 173 Å². The molecule has 1 fully saturated rings. The molecule has 0 aliphatic carbocycles. The van der Waals surface area contributed by atoms with Crippen molar-refractivity contribution in [2.75, 3.05) is 11.9 Å². The first kappa shape index (κ1) is 22.2. The number of benzene rings is 1. The number of anilines is 1. The Bertz CT molecular complexity index is 916. The van der Waals surface area contributed by atoms with Gasteiger partial charge in [-0.05, 0) is 18.9 Å². The van der Waals surface area contributed by atoms with E-state index < -0.39 is 44.5 Å². The van der Waals surface area contributed by atoms with Gasteiger partial charge >= 0.3 is 5.97 Å². The minimum Gasteiger partial charge on any atom is -0.379 e. The van der Waals surface area contributed by atoms with Gasteiger partial charge in [0.15, 0.2) is 5.25 Å². The standard InChI is InChI=1S/C16H19N3O9S/c20-14-10-13(29(25,26)27)16(22)18(14)28-15(21)8-2-1-5-9-17-11-6-3-4-7-12(11)19(23)24/h3-4,6-7,13,17H,1-2,5,8-10H2,(H,25,26,27). The summed E-state index contributed by atoms with van der Waals surface area (Å²) in [4.78, 5) is 50.1. The number of nitrogens with zero attached hydrogens (tertiary/aromatic N) is 2. The van der Waals surface area contributed by atoms with Crippen molar-refractivity contribution in [1.82, 2.24) is 5.06 Å². The van der Waals surface area contributed by atoms with Crippen LogP contribution in [0.3, 0.4) is 0 Å². The number of hydrogen-bond acceptors (Lipinski definition) is 9. The van der Waals surface area contributed by atoms with Crippen LogP contribution in [0, 0.1) is 10.1 Å². The number of hydrogen-bond donors (Lipinski definition) is 2. The maximum absolute atomic E-state index is 11.8. The van der Waals surface area contributed by atoms with Crippen LogP contribution < -0.4 is 5.32 Å². The highest BCUT2D eigenvalue weighted by Gasteiger charge is 2.48. The molecular formula is C16H19N3O9S. The van der Waals surface area contributed by atoms with Crippen LogP contribution in [0.15, 0.2) is 24.3 Å². The average molecular weight is 429 g/mol. The Hall–Kier alpha value is -3.06. The third-order valence-electron chi connectivity index (χ3n) is 4.09. The van der Waals surface area contributed by atoms with Crippen molar-refractivity contribution < 1.29 is 37.1 Å². The summed E-state index contributed by atoms with van der Waals surface area (Å²) >= 11 is 0. The van der Waals surface area contributed by atoms with Gasteiger partial charge in [-0.3, -0.25) is 24.3 Å². The Morgan fingerprint density at radius 1 is 1.28 bits per heavy atom. The molecule has 1 unspecified atom stereocenters. The largest absolute Gasteiger partial charge is 0.379 e. The molecular weight excluding hydrogens is 410 g/mol. The van der Waals surface area contributed by atoms with E-state index in [2.05, 4.69) is 10.2 Å². The van der Waals surface area contributed by atoms with Crippen LogP contribution in [-0.2, 0) is 29.3 Å². The third kappa shape index (κ3) is 5.96. The monoisotopic (exact) mass is 429 g/mol. The zero-order chi connectivity index (χ0) is 21.6. The second-order valence-corrected chi connectivity index (χ2v) is 7.81. The van der Waals surface area contributed by atoms with Crippen molar-refractivity contribution in [1.29, 1.82) is 0 Å². The number of para-hydroxylation sites is 2. The Labute approximate surface area is 165 Å². The van der Waals surface area contributed by atoms with Crippen molar-refractivity contribution in [3.8, 4) is 0 Å². The number of rotatable bonds is 10. The number of nitrogens with one attached hydrogen (secondary N) is 1. The van der Waals surface area contributed by atoms with Gasteiger partial charge < -0.3 is 10.2 Å². The summed E-state index contributed by atoms with van der Waals surface area (Å²) in [6.07, 6.45) is 0.584. The van der Waals surface area contributed by atoms with Crippen LogP contribution >= 0.6 is 0 Å². The summed E-state index contributed by atoms with van der Waals surface area (Å²) in [7, 11) is -4.76. The Morgan fingerprint density at radius 2 is 1.97 bits per heavy atom. The molecule has 2 amide bonds. The highest BCUT2D eigenvalue weighted by molar-refractivity contribution is 7.87. The maximum atomic E-state index is 11.8. The molecule has 0 spiro atoms. The molecule has 2 rings (SSSR count). The second-order valence-electron chi connectivity index (χ2n) is 6.21. The van der Waals surface area contributed by atoms with Gasteiger partial charge in [0.1, 0.15) is 5.69 Å². The molecule has 1 aliphatic heterocycles. The van der Waals surface area contributed by atoms with Crippen molar-refractivity contribution in [3.63, 3.8) is 0 Å². The second kappa shape index (κ2) is 9.43. The van der Waals surface area contributed by atoms with Crippen LogP contribution in [-0.4, -0.2) is 52.5 Å². The summed E-state index contributed by atoms with van der Waals surface area (Å²) in [6, 6.07) is 6.19. The predicted octanol–water partition coefficient (Wildman–Crippen LogP) is 1.04. The highest BCUT2D eigenvalue weighted by atomic mass is 32.2. The van der Waals surface area contributed by atoms with Crippen LogP contribution in [0.2, 0.25) is 0 Å². The lowest BCUT2D eigenvalue weighted by atomic mass is 10.2. The van der Waals surface area contributed by atoms with Crippen molar-refractivity contribution in [3.05, 3.63) is 34.4 Å². The number of unbranched alkanes of at least 4 members (excludes halogenated alkanes) is 2. The Kier molecular flexibility index (Phi) is 7.23. The molecule has 1 aromatic rings. The quantitative estimate of drug-likeness (QED) is 0.180. The normalized spacial score (nSPS) is 16.7. The lowest BCUT2D eigenvalue weighted by Gasteiger charge is -2.13. The van der Waals surface area contributed by atoms with Crippen LogP contribution in [0.25, 0.3) is 0 Å². The van der Waals surface area contributed by atoms with Gasteiger partial charge in [0.05, 0.1) is 11.3 Å². The molecule has 13 heteroatoms. The lowest BCUT2D eigenvalue weighted by Crippen LogP contribution is -2.36. The molecule has 1 saturated heterocycles. The molecule has 12 nitrogen and oxygen atoms in total.